The Hall–Kier alpha value is -2.31. The first-order valence-corrected chi connectivity index (χ1v) is 8.12. The fourth-order valence-corrected chi connectivity index (χ4v) is 3.51. The smallest absolute Gasteiger partial charge is 0.446 e. The number of benzene rings is 2. The molecule has 0 spiro atoms. The molecule has 0 amide bonds. The van der Waals surface area contributed by atoms with Gasteiger partial charge in [-0.05, 0) is 36.0 Å². The number of halogens is 5. The molecule has 0 bridgehead atoms. The predicted molar refractivity (Wildman–Crippen MR) is 83.1 cm³/mol. The lowest BCUT2D eigenvalue weighted by molar-refractivity contribution is -0.0329. The van der Waals surface area contributed by atoms with E-state index in [1.165, 1.54) is 12.1 Å². The van der Waals surface area contributed by atoms with E-state index in [1.54, 1.807) is 6.07 Å². The van der Waals surface area contributed by atoms with Crippen LogP contribution in [0.4, 0.5) is 22.0 Å². The normalized spacial score (nSPS) is 19.1. The van der Waals surface area contributed by atoms with Crippen LogP contribution in [0.5, 0.6) is 11.5 Å². The molecule has 1 aliphatic rings. The number of aliphatic hydroxyl groups excluding tert-OH is 1. The molecule has 0 saturated heterocycles. The van der Waals surface area contributed by atoms with Crippen molar-refractivity contribution in [2.24, 2.45) is 0 Å². The van der Waals surface area contributed by atoms with Gasteiger partial charge in [-0.25, -0.2) is 8.78 Å². The van der Waals surface area contributed by atoms with Gasteiger partial charge in [-0.1, -0.05) is 0 Å². The van der Waals surface area contributed by atoms with Crippen molar-refractivity contribution in [1.29, 1.82) is 5.26 Å². The molecule has 0 aliphatic heterocycles. The average molecular weight is 387 g/mol. The summed E-state index contributed by atoms with van der Waals surface area (Å²) < 4.78 is 71.0. The van der Waals surface area contributed by atoms with Crippen molar-refractivity contribution in [1.82, 2.24) is 0 Å². The number of rotatable bonds is 3. The lowest BCUT2D eigenvalue weighted by Crippen LogP contribution is -2.08. The van der Waals surface area contributed by atoms with E-state index in [1.807, 2.05) is 0 Å². The fourth-order valence-electron chi connectivity index (χ4n) is 2.77. The number of nitriles is 1. The molecule has 2 aromatic carbocycles. The van der Waals surface area contributed by atoms with Gasteiger partial charge >= 0.3 is 5.51 Å². The van der Waals surface area contributed by atoms with Gasteiger partial charge in [0.15, 0.2) is 0 Å². The quantitative estimate of drug-likeness (QED) is 0.593. The maximum atomic E-state index is 13.9. The molecule has 1 N–H and O–H groups in total. The molecule has 3 rings (SSSR count). The van der Waals surface area contributed by atoms with Crippen LogP contribution >= 0.6 is 11.8 Å². The van der Waals surface area contributed by atoms with Gasteiger partial charge in [0.1, 0.15) is 29.6 Å². The Morgan fingerprint density at radius 3 is 2.62 bits per heavy atom. The van der Waals surface area contributed by atoms with Gasteiger partial charge in [0.25, 0.3) is 0 Å². The second kappa shape index (κ2) is 6.78. The number of aliphatic hydroxyl groups is 1. The largest absolute Gasteiger partial charge is 0.457 e. The van der Waals surface area contributed by atoms with E-state index in [9.17, 15) is 27.1 Å². The molecule has 1 aliphatic carbocycles. The highest BCUT2D eigenvalue weighted by atomic mass is 32.2. The predicted octanol–water partition coefficient (Wildman–Crippen LogP) is 5.03. The molecule has 0 aromatic heterocycles. The maximum absolute atomic E-state index is 13.9. The molecule has 0 fully saturated rings. The van der Waals surface area contributed by atoms with Crippen LogP contribution in [0, 0.1) is 17.1 Å². The molecule has 3 nitrogen and oxygen atoms in total. The zero-order valence-corrected chi connectivity index (χ0v) is 13.7. The highest BCUT2D eigenvalue weighted by molar-refractivity contribution is 8.00. The van der Waals surface area contributed by atoms with Crippen LogP contribution in [0.1, 0.15) is 22.8 Å². The zero-order chi connectivity index (χ0) is 19.1. The first-order chi connectivity index (χ1) is 12.2. The van der Waals surface area contributed by atoms with E-state index < -0.39 is 35.4 Å². The van der Waals surface area contributed by atoms with Crippen LogP contribution in [-0.2, 0) is 6.42 Å². The Bertz CT molecular complexity index is 894. The van der Waals surface area contributed by atoms with Crippen molar-refractivity contribution < 1.29 is 31.8 Å². The molecule has 0 saturated carbocycles. The van der Waals surface area contributed by atoms with E-state index in [4.69, 9.17) is 10.00 Å². The van der Waals surface area contributed by atoms with Gasteiger partial charge in [-0.15, -0.1) is 0 Å². The number of ether oxygens (including phenoxy) is 1. The summed E-state index contributed by atoms with van der Waals surface area (Å²) in [6.45, 7) is 0. The minimum atomic E-state index is -4.60. The second-order valence-corrected chi connectivity index (χ2v) is 6.66. The van der Waals surface area contributed by atoms with Gasteiger partial charge in [0, 0.05) is 28.5 Å². The van der Waals surface area contributed by atoms with E-state index in [0.29, 0.717) is 0 Å². The summed E-state index contributed by atoms with van der Waals surface area (Å²) in [4.78, 5) is -0.315. The fraction of sp³-hybridized carbons (Fsp3) is 0.235. The van der Waals surface area contributed by atoms with Crippen LogP contribution in [0.3, 0.4) is 0 Å². The summed E-state index contributed by atoms with van der Waals surface area (Å²) in [5, 5.41) is 18.8. The summed E-state index contributed by atoms with van der Waals surface area (Å²) in [7, 11) is 0. The molecule has 0 radical (unpaired) electrons. The Labute approximate surface area is 149 Å². The second-order valence-electron chi connectivity index (χ2n) is 5.56. The van der Waals surface area contributed by atoms with E-state index >= 15 is 0 Å². The van der Waals surface area contributed by atoms with Gasteiger partial charge in [-0.2, -0.15) is 18.4 Å². The molecule has 0 unspecified atom stereocenters. The number of thioether (sulfide) groups is 1. The van der Waals surface area contributed by atoms with Crippen molar-refractivity contribution in [2.45, 2.75) is 29.1 Å². The monoisotopic (exact) mass is 387 g/mol. The van der Waals surface area contributed by atoms with Crippen molar-refractivity contribution in [3.05, 3.63) is 52.8 Å². The molecule has 26 heavy (non-hydrogen) atoms. The van der Waals surface area contributed by atoms with Gasteiger partial charge in [0.2, 0.25) is 0 Å². The van der Waals surface area contributed by atoms with E-state index in [2.05, 4.69) is 0 Å². The van der Waals surface area contributed by atoms with Gasteiger partial charge in [-0.3, -0.25) is 0 Å². The number of alkyl halides is 4. The summed E-state index contributed by atoms with van der Waals surface area (Å²) in [6.07, 6.45) is -3.82. The Morgan fingerprint density at radius 2 is 1.96 bits per heavy atom. The molecular weight excluding hydrogens is 377 g/mol. The number of hydrogen-bond donors (Lipinski definition) is 1. The molecule has 2 aromatic rings. The Morgan fingerprint density at radius 1 is 1.23 bits per heavy atom. The molecule has 2 atom stereocenters. The summed E-state index contributed by atoms with van der Waals surface area (Å²) in [6, 6.07) is 7.24. The summed E-state index contributed by atoms with van der Waals surface area (Å²) >= 11 is -0.450. The number of hydrogen-bond acceptors (Lipinski definition) is 4. The third-order valence-electron chi connectivity index (χ3n) is 3.77. The average Bonchev–Trinajstić information content (AvgIpc) is 2.84. The van der Waals surface area contributed by atoms with Gasteiger partial charge in [0.05, 0.1) is 11.6 Å². The standard InChI is InChI=1S/C17H10F5NO2S/c18-9-3-8(7-23)4-10(5-9)25-13-1-2-14(26-17(20,21)22)15-11(13)6-12(19)16(15)24/h1-5,12,16,24H,6H2/t12-,16-/m1/s1. The lowest BCUT2D eigenvalue weighted by Gasteiger charge is -2.16. The first kappa shape index (κ1) is 18.5. The maximum Gasteiger partial charge on any atom is 0.446 e. The molecule has 9 heteroatoms. The van der Waals surface area contributed by atoms with Gasteiger partial charge < -0.3 is 9.84 Å². The van der Waals surface area contributed by atoms with E-state index in [-0.39, 0.29) is 39.5 Å². The van der Waals surface area contributed by atoms with Crippen LogP contribution in [0.15, 0.2) is 35.2 Å². The molecule has 136 valence electrons. The topological polar surface area (TPSA) is 53.2 Å². The lowest BCUT2D eigenvalue weighted by atomic mass is 10.1. The van der Waals surface area contributed by atoms with E-state index in [0.717, 1.165) is 18.2 Å². The van der Waals surface area contributed by atoms with Crippen LogP contribution < -0.4 is 4.74 Å². The van der Waals surface area contributed by atoms with Crippen molar-refractivity contribution >= 4 is 11.8 Å². The van der Waals surface area contributed by atoms with Crippen molar-refractivity contribution in [2.75, 3.05) is 0 Å². The van der Waals surface area contributed by atoms with Crippen LogP contribution in [0.2, 0.25) is 0 Å². The number of fused-ring (bicyclic) bond motifs is 1. The van der Waals surface area contributed by atoms with Crippen LogP contribution in [-0.4, -0.2) is 16.8 Å². The summed E-state index contributed by atoms with van der Waals surface area (Å²) in [5.74, 6) is -0.791. The Balaban J connectivity index is 2.03. The third-order valence-corrected chi connectivity index (χ3v) is 4.57. The first-order valence-electron chi connectivity index (χ1n) is 7.30. The zero-order valence-electron chi connectivity index (χ0n) is 12.8. The molecule has 0 heterocycles. The van der Waals surface area contributed by atoms with Crippen molar-refractivity contribution in [3.8, 4) is 17.6 Å². The minimum absolute atomic E-state index is 0.000198. The highest BCUT2D eigenvalue weighted by Gasteiger charge is 2.39. The minimum Gasteiger partial charge on any atom is -0.457 e. The highest BCUT2D eigenvalue weighted by Crippen LogP contribution is 2.48. The number of nitrogens with zero attached hydrogens (tertiary/aromatic N) is 1. The molecular formula is C17H10F5NO2S. The third kappa shape index (κ3) is 3.76. The Kier molecular flexibility index (Phi) is 4.82. The van der Waals surface area contributed by atoms with Crippen LogP contribution in [0.25, 0.3) is 0 Å². The van der Waals surface area contributed by atoms with Crippen molar-refractivity contribution in [3.63, 3.8) is 0 Å². The summed E-state index contributed by atoms with van der Waals surface area (Å²) in [5.41, 5.74) is -4.71. The SMILES string of the molecule is N#Cc1cc(F)cc(Oc2ccc(SC(F)(F)F)c3c2C[C@@H](F)[C@H]3O)c1.